The summed E-state index contributed by atoms with van der Waals surface area (Å²) in [5.74, 6) is 0.880. The standard InChI is InChI=1S/C20H25NO2/c1-4-23-19-12-10-18(11-13-19)16(3)21-20(22)15(2)14-17-8-6-5-7-9-17/h5-13,15-16H,4,14H2,1-3H3,(H,21,22)/t15-,16-/m1/s1. The van der Waals surface area contributed by atoms with Crippen molar-refractivity contribution in [3.05, 3.63) is 65.7 Å². The van der Waals surface area contributed by atoms with Crippen LogP contribution in [0.25, 0.3) is 0 Å². The van der Waals surface area contributed by atoms with Crippen LogP contribution in [0.3, 0.4) is 0 Å². The minimum Gasteiger partial charge on any atom is -0.494 e. The predicted molar refractivity (Wildman–Crippen MR) is 93.5 cm³/mol. The van der Waals surface area contributed by atoms with Gasteiger partial charge in [-0.05, 0) is 43.5 Å². The fourth-order valence-electron chi connectivity index (χ4n) is 2.52. The molecule has 2 aromatic carbocycles. The summed E-state index contributed by atoms with van der Waals surface area (Å²) in [6, 6.07) is 18.0. The molecule has 3 nitrogen and oxygen atoms in total. The van der Waals surface area contributed by atoms with Gasteiger partial charge >= 0.3 is 0 Å². The van der Waals surface area contributed by atoms with Gasteiger partial charge in [0.15, 0.2) is 0 Å². The van der Waals surface area contributed by atoms with E-state index in [1.807, 2.05) is 63.2 Å². The van der Waals surface area contributed by atoms with Gasteiger partial charge in [-0.15, -0.1) is 0 Å². The summed E-state index contributed by atoms with van der Waals surface area (Å²) in [5, 5.41) is 3.09. The van der Waals surface area contributed by atoms with Crippen LogP contribution in [-0.4, -0.2) is 12.5 Å². The molecule has 0 unspecified atom stereocenters. The Morgan fingerprint density at radius 2 is 1.70 bits per heavy atom. The Balaban J connectivity index is 1.90. The van der Waals surface area contributed by atoms with Gasteiger partial charge < -0.3 is 10.1 Å². The molecule has 23 heavy (non-hydrogen) atoms. The van der Waals surface area contributed by atoms with Crippen LogP contribution in [-0.2, 0) is 11.2 Å². The van der Waals surface area contributed by atoms with Gasteiger partial charge in [-0.25, -0.2) is 0 Å². The van der Waals surface area contributed by atoms with Crippen LogP contribution < -0.4 is 10.1 Å². The molecule has 0 saturated heterocycles. The lowest BCUT2D eigenvalue weighted by molar-refractivity contribution is -0.125. The van der Waals surface area contributed by atoms with Crippen molar-refractivity contribution in [2.75, 3.05) is 6.61 Å². The first-order chi connectivity index (χ1) is 11.1. The summed E-state index contributed by atoms with van der Waals surface area (Å²) in [5.41, 5.74) is 2.26. The highest BCUT2D eigenvalue weighted by Crippen LogP contribution is 2.18. The average Bonchev–Trinajstić information content (AvgIpc) is 2.56. The summed E-state index contributed by atoms with van der Waals surface area (Å²) >= 11 is 0. The van der Waals surface area contributed by atoms with Crippen molar-refractivity contribution in [2.24, 2.45) is 5.92 Å². The Morgan fingerprint density at radius 1 is 1.04 bits per heavy atom. The van der Waals surface area contributed by atoms with Gasteiger partial charge in [0.05, 0.1) is 12.6 Å². The van der Waals surface area contributed by atoms with Gasteiger partial charge in [-0.2, -0.15) is 0 Å². The van der Waals surface area contributed by atoms with E-state index in [1.54, 1.807) is 0 Å². The lowest BCUT2D eigenvalue weighted by Crippen LogP contribution is -2.32. The van der Waals surface area contributed by atoms with Gasteiger partial charge in [0.25, 0.3) is 0 Å². The van der Waals surface area contributed by atoms with Crippen molar-refractivity contribution in [1.29, 1.82) is 0 Å². The SMILES string of the molecule is CCOc1ccc([C@@H](C)NC(=O)[C@H](C)Cc2ccccc2)cc1. The second-order valence-corrected chi connectivity index (χ2v) is 5.82. The number of benzene rings is 2. The molecule has 2 aromatic rings. The average molecular weight is 311 g/mol. The fraction of sp³-hybridized carbons (Fsp3) is 0.350. The zero-order valence-electron chi connectivity index (χ0n) is 14.1. The molecule has 0 fully saturated rings. The molecular formula is C20H25NO2. The Labute approximate surface area is 138 Å². The third-order valence-electron chi connectivity index (χ3n) is 3.88. The Kier molecular flexibility index (Phi) is 6.21. The number of rotatable bonds is 7. The summed E-state index contributed by atoms with van der Waals surface area (Å²) in [7, 11) is 0. The van der Waals surface area contributed by atoms with E-state index in [1.165, 1.54) is 5.56 Å². The quantitative estimate of drug-likeness (QED) is 0.834. The molecular weight excluding hydrogens is 286 g/mol. The van der Waals surface area contributed by atoms with Crippen molar-refractivity contribution in [3.8, 4) is 5.75 Å². The number of carbonyl (C=O) groups excluding carboxylic acids is 1. The molecule has 0 spiro atoms. The van der Waals surface area contributed by atoms with Crippen LogP contribution in [0, 0.1) is 5.92 Å². The molecule has 2 rings (SSSR count). The summed E-state index contributed by atoms with van der Waals surface area (Å²) in [4.78, 5) is 12.4. The zero-order chi connectivity index (χ0) is 16.7. The normalized spacial score (nSPS) is 13.2. The van der Waals surface area contributed by atoms with Crippen LogP contribution >= 0.6 is 0 Å². The smallest absolute Gasteiger partial charge is 0.223 e. The van der Waals surface area contributed by atoms with Crippen LogP contribution in [0.15, 0.2) is 54.6 Å². The van der Waals surface area contributed by atoms with E-state index in [2.05, 4.69) is 17.4 Å². The maximum absolute atomic E-state index is 12.4. The van der Waals surface area contributed by atoms with E-state index < -0.39 is 0 Å². The molecule has 3 heteroatoms. The van der Waals surface area contributed by atoms with E-state index in [9.17, 15) is 4.79 Å². The third-order valence-corrected chi connectivity index (χ3v) is 3.88. The van der Waals surface area contributed by atoms with Gasteiger partial charge in [0.1, 0.15) is 5.75 Å². The minimum atomic E-state index is -0.0532. The van der Waals surface area contributed by atoms with E-state index in [-0.39, 0.29) is 17.9 Å². The molecule has 2 atom stereocenters. The Morgan fingerprint density at radius 3 is 2.30 bits per heavy atom. The van der Waals surface area contributed by atoms with Crippen molar-refractivity contribution in [3.63, 3.8) is 0 Å². The third kappa shape index (κ3) is 5.13. The van der Waals surface area contributed by atoms with Crippen LogP contribution in [0.5, 0.6) is 5.75 Å². The fourth-order valence-corrected chi connectivity index (χ4v) is 2.52. The van der Waals surface area contributed by atoms with Gasteiger partial charge in [0.2, 0.25) is 5.91 Å². The highest BCUT2D eigenvalue weighted by atomic mass is 16.5. The predicted octanol–water partition coefficient (Wildman–Crippen LogP) is 4.14. The number of nitrogens with one attached hydrogen (secondary N) is 1. The van der Waals surface area contributed by atoms with Crippen molar-refractivity contribution < 1.29 is 9.53 Å². The molecule has 1 amide bonds. The van der Waals surface area contributed by atoms with Crippen LogP contribution in [0.2, 0.25) is 0 Å². The topological polar surface area (TPSA) is 38.3 Å². The summed E-state index contributed by atoms with van der Waals surface area (Å²) < 4.78 is 5.44. The highest BCUT2D eigenvalue weighted by molar-refractivity contribution is 5.79. The van der Waals surface area contributed by atoms with E-state index in [4.69, 9.17) is 4.74 Å². The van der Waals surface area contributed by atoms with Gasteiger partial charge in [-0.1, -0.05) is 49.4 Å². The first-order valence-corrected chi connectivity index (χ1v) is 8.17. The summed E-state index contributed by atoms with van der Waals surface area (Å²) in [6.45, 7) is 6.59. The molecule has 0 heterocycles. The maximum atomic E-state index is 12.4. The van der Waals surface area contributed by atoms with Crippen LogP contribution in [0.4, 0.5) is 0 Å². The second-order valence-electron chi connectivity index (χ2n) is 5.82. The second kappa shape index (κ2) is 8.37. The number of ether oxygens (including phenoxy) is 1. The molecule has 0 aliphatic rings. The van der Waals surface area contributed by atoms with E-state index in [0.29, 0.717) is 6.61 Å². The number of hydrogen-bond donors (Lipinski definition) is 1. The number of amides is 1. The largest absolute Gasteiger partial charge is 0.494 e. The lowest BCUT2D eigenvalue weighted by Gasteiger charge is -2.18. The van der Waals surface area contributed by atoms with E-state index in [0.717, 1.165) is 17.7 Å². The molecule has 0 radical (unpaired) electrons. The first-order valence-electron chi connectivity index (χ1n) is 8.17. The lowest BCUT2D eigenvalue weighted by atomic mass is 9.99. The monoisotopic (exact) mass is 311 g/mol. The van der Waals surface area contributed by atoms with Crippen LogP contribution in [0.1, 0.15) is 37.9 Å². The van der Waals surface area contributed by atoms with E-state index >= 15 is 0 Å². The molecule has 0 bridgehead atoms. The summed E-state index contributed by atoms with van der Waals surface area (Å²) in [6.07, 6.45) is 0.753. The molecule has 0 aliphatic heterocycles. The molecule has 122 valence electrons. The molecule has 0 aliphatic carbocycles. The molecule has 0 saturated carbocycles. The Bertz CT molecular complexity index is 607. The molecule has 1 N–H and O–H groups in total. The van der Waals surface area contributed by atoms with Gasteiger partial charge in [-0.3, -0.25) is 4.79 Å². The molecule has 0 aromatic heterocycles. The zero-order valence-corrected chi connectivity index (χ0v) is 14.1. The van der Waals surface area contributed by atoms with Crippen molar-refractivity contribution >= 4 is 5.91 Å². The van der Waals surface area contributed by atoms with Crippen molar-refractivity contribution in [1.82, 2.24) is 5.32 Å². The maximum Gasteiger partial charge on any atom is 0.223 e. The number of hydrogen-bond acceptors (Lipinski definition) is 2. The highest BCUT2D eigenvalue weighted by Gasteiger charge is 2.16. The number of carbonyl (C=O) groups is 1. The van der Waals surface area contributed by atoms with Gasteiger partial charge in [0, 0.05) is 5.92 Å². The minimum absolute atomic E-state index is 0.0172. The van der Waals surface area contributed by atoms with Crippen molar-refractivity contribution in [2.45, 2.75) is 33.2 Å². The Hall–Kier alpha value is -2.29. The first kappa shape index (κ1) is 17.1.